The highest BCUT2D eigenvalue weighted by Gasteiger charge is 2.65. The van der Waals surface area contributed by atoms with Crippen LogP contribution in [0, 0.1) is 32.6 Å². The molecule has 6 heteroatoms. The van der Waals surface area contributed by atoms with Gasteiger partial charge in [-0.2, -0.15) is 0 Å². The van der Waals surface area contributed by atoms with Crippen LogP contribution in [0.25, 0.3) is 22.6 Å². The van der Waals surface area contributed by atoms with Gasteiger partial charge in [-0.15, -0.1) is 0 Å². The number of para-hydroxylation sites is 1. The van der Waals surface area contributed by atoms with E-state index in [1.807, 2.05) is 0 Å². The van der Waals surface area contributed by atoms with Crippen LogP contribution < -0.4 is 15.1 Å². The van der Waals surface area contributed by atoms with E-state index in [2.05, 4.69) is 155 Å². The Morgan fingerprint density at radius 1 is 0.676 bits per heavy atom. The fraction of sp³-hybridized carbons (Fsp3) is 0.452. The summed E-state index contributed by atoms with van der Waals surface area (Å²) in [6.07, 6.45) is 43.4. The summed E-state index contributed by atoms with van der Waals surface area (Å²) in [6, 6.07) is 25.9. The van der Waals surface area contributed by atoms with Crippen molar-refractivity contribution in [2.24, 2.45) is 11.8 Å². The zero-order valence-electron chi connectivity index (χ0n) is 41.1. The minimum absolute atomic E-state index is 0.266. The molecule has 12 rings (SSSR count). The summed E-state index contributed by atoms with van der Waals surface area (Å²) < 4.78 is 15.1. The number of nitrogens with zero attached hydrogens (tertiary/aromatic N) is 2. The monoisotopic (exact) mass is 933 g/mol. The molecule has 4 nitrogen and oxygen atoms in total. The van der Waals surface area contributed by atoms with Crippen LogP contribution in [0.5, 0.6) is 5.75 Å². The van der Waals surface area contributed by atoms with Crippen molar-refractivity contribution in [2.45, 2.75) is 164 Å². The van der Waals surface area contributed by atoms with Crippen molar-refractivity contribution in [3.8, 4) is 28.4 Å². The van der Waals surface area contributed by atoms with Crippen molar-refractivity contribution in [1.82, 2.24) is 9.97 Å². The van der Waals surface area contributed by atoms with E-state index in [-0.39, 0.29) is 6.10 Å². The Balaban J connectivity index is 1.01. The third-order valence-corrected chi connectivity index (χ3v) is 31.9. The molecule has 0 amide bonds. The smallest absolute Gasteiger partial charge is 0.160 e. The molecule has 11 atom stereocenters. The molecular weight excluding hydrogens is 861 g/mol. The van der Waals surface area contributed by atoms with Gasteiger partial charge < -0.3 is 9.47 Å². The van der Waals surface area contributed by atoms with Crippen LogP contribution in [0.3, 0.4) is 0 Å². The third-order valence-electron chi connectivity index (χ3n) is 18.7. The number of aromatic nitrogens is 2. The average Bonchev–Trinajstić information content (AvgIpc) is 3.77. The van der Waals surface area contributed by atoms with E-state index in [9.17, 15) is 0 Å². The van der Waals surface area contributed by atoms with Gasteiger partial charge in [-0.25, -0.2) is 9.97 Å². The Hall–Kier alpha value is -4.63. The summed E-state index contributed by atoms with van der Waals surface area (Å²) in [7, 11) is -4.59. The van der Waals surface area contributed by atoms with Gasteiger partial charge in [0, 0.05) is 23.2 Å². The molecule has 6 aliphatic carbocycles. The number of allylic oxidation sites excluding steroid dienone is 11. The first-order valence-corrected chi connectivity index (χ1v) is 31.3. The highest BCUT2D eigenvalue weighted by Crippen LogP contribution is 2.66. The number of fused-ring (bicyclic) bond motifs is 3. The number of hydrogen-bond acceptors (Lipinski definition) is 4. The predicted molar refractivity (Wildman–Crippen MR) is 286 cm³/mol. The van der Waals surface area contributed by atoms with E-state index < -0.39 is 16.1 Å². The molecule has 4 aromatic rings. The molecule has 2 aliphatic heterocycles. The van der Waals surface area contributed by atoms with Gasteiger partial charge in [-0.05, 0) is 189 Å². The third kappa shape index (κ3) is 7.27. The number of hydrogen-bond donors (Lipinski definition) is 0. The molecule has 1 aromatic heterocycles. The quantitative estimate of drug-likeness (QED) is 0.130. The standard InChI is InChI=1S/C62H72N2O2Si2/c1-41-37-43(3)59(44(4)38-41)62-63-46(39-45-35-36-58-60(45)65-52-29-15-18-32-55(52)67(58,47-22-8-5-9-23-47)48-24-10-6-11-25-48)40-51(64-62)50-28-20-34-57-61(50)66-53-30-16-19-33-56(53)68(57,49-26-12-7-13-27-49)54-31-17-14-21-42(54)2/h5,7-10,12-15,18,20-22,24,26-28,34,37-38,40,42,45,47-48,52,54-55,58,60H,6,11,16-17,19,23,25,29-33,35-36,39H2,1-4H3. The molecule has 68 heavy (non-hydrogen) atoms. The molecule has 0 bridgehead atoms. The molecule has 3 heterocycles. The Kier molecular flexibility index (Phi) is 12.0. The molecule has 0 N–H and O–H groups in total. The highest BCUT2D eigenvalue weighted by atomic mass is 28.3. The van der Waals surface area contributed by atoms with Gasteiger partial charge in [0.25, 0.3) is 0 Å². The van der Waals surface area contributed by atoms with E-state index >= 15 is 0 Å². The van der Waals surface area contributed by atoms with Gasteiger partial charge in [0.2, 0.25) is 0 Å². The second-order valence-electron chi connectivity index (χ2n) is 22.3. The number of rotatable bonds is 8. The normalized spacial score (nSPS) is 33.7. The first kappa shape index (κ1) is 44.6. The van der Waals surface area contributed by atoms with Crippen molar-refractivity contribution in [1.29, 1.82) is 0 Å². The van der Waals surface area contributed by atoms with E-state index in [0.29, 0.717) is 40.1 Å². The van der Waals surface area contributed by atoms with Crippen molar-refractivity contribution in [2.75, 3.05) is 0 Å². The summed E-state index contributed by atoms with van der Waals surface area (Å²) in [4.78, 5) is 11.4. The maximum absolute atomic E-state index is 7.62. The Morgan fingerprint density at radius 2 is 1.51 bits per heavy atom. The lowest BCUT2D eigenvalue weighted by Gasteiger charge is -2.60. The Labute approximate surface area is 408 Å². The lowest BCUT2D eigenvalue weighted by molar-refractivity contribution is -0.0508. The zero-order chi connectivity index (χ0) is 46.0. The molecule has 0 radical (unpaired) electrons. The average molecular weight is 933 g/mol. The van der Waals surface area contributed by atoms with Crippen LogP contribution in [0.15, 0.2) is 138 Å². The summed E-state index contributed by atoms with van der Waals surface area (Å²) in [5.41, 5.74) is 11.5. The summed E-state index contributed by atoms with van der Waals surface area (Å²) in [5, 5.41) is 4.65. The SMILES string of the molecule is Cc1cc(C)c(-c2nc(CC3CCC4C3OC3CC=CCC3[Si]4(C3C=CC=CC3)C3C=CCCC3)cc(-c3cccc4c3OC3=C(CCCC3)[Si]4(c3ccccc3)C3CCC=CC3C)n2)c(C)c1. The van der Waals surface area contributed by atoms with Crippen molar-refractivity contribution in [3.63, 3.8) is 0 Å². The Morgan fingerprint density at radius 3 is 2.32 bits per heavy atom. The van der Waals surface area contributed by atoms with Crippen LogP contribution in [-0.2, 0) is 11.2 Å². The Bertz CT molecular complexity index is 2740. The fourth-order valence-electron chi connectivity index (χ4n) is 16.3. The molecule has 1 saturated carbocycles. The van der Waals surface area contributed by atoms with Gasteiger partial charge in [0.1, 0.15) is 11.5 Å². The summed E-state index contributed by atoms with van der Waals surface area (Å²) in [5.74, 6) is 4.09. The zero-order valence-corrected chi connectivity index (χ0v) is 43.1. The molecule has 3 aromatic carbocycles. The lowest BCUT2D eigenvalue weighted by atomic mass is 9.95. The molecule has 8 aliphatic rings. The van der Waals surface area contributed by atoms with E-state index in [1.54, 1.807) is 10.4 Å². The maximum atomic E-state index is 7.62. The first-order valence-electron chi connectivity index (χ1n) is 26.9. The van der Waals surface area contributed by atoms with Gasteiger partial charge in [0.05, 0.1) is 26.0 Å². The van der Waals surface area contributed by atoms with Crippen LogP contribution in [0.4, 0.5) is 0 Å². The van der Waals surface area contributed by atoms with Crippen LogP contribution in [-0.4, -0.2) is 38.3 Å². The van der Waals surface area contributed by atoms with Crippen LogP contribution in [0.1, 0.15) is 119 Å². The number of ether oxygens (including phenoxy) is 2. The summed E-state index contributed by atoms with van der Waals surface area (Å²) >= 11 is 0. The minimum Gasteiger partial charge on any atom is -0.462 e. The van der Waals surface area contributed by atoms with E-state index in [0.717, 1.165) is 66.2 Å². The van der Waals surface area contributed by atoms with Crippen molar-refractivity contribution in [3.05, 3.63) is 161 Å². The second-order valence-corrected chi connectivity index (χ2v) is 31.4. The van der Waals surface area contributed by atoms with E-state index in [1.165, 1.54) is 97.4 Å². The van der Waals surface area contributed by atoms with Crippen LogP contribution in [0.2, 0.25) is 27.7 Å². The highest BCUT2D eigenvalue weighted by molar-refractivity contribution is 7.09. The first-order chi connectivity index (χ1) is 33.3. The molecule has 0 spiro atoms. The lowest BCUT2D eigenvalue weighted by Crippen LogP contribution is -2.67. The predicted octanol–water partition coefficient (Wildman–Crippen LogP) is 14.7. The molecular formula is C62H72N2O2Si2. The van der Waals surface area contributed by atoms with Gasteiger partial charge in [-0.1, -0.05) is 128 Å². The number of aryl methyl sites for hydroxylation is 3. The van der Waals surface area contributed by atoms with Crippen molar-refractivity contribution < 1.29 is 9.47 Å². The van der Waals surface area contributed by atoms with Gasteiger partial charge in [-0.3, -0.25) is 0 Å². The van der Waals surface area contributed by atoms with Gasteiger partial charge in [0.15, 0.2) is 13.9 Å². The molecule has 350 valence electrons. The topological polar surface area (TPSA) is 44.2 Å². The van der Waals surface area contributed by atoms with E-state index in [4.69, 9.17) is 19.4 Å². The molecule has 2 fully saturated rings. The minimum atomic E-state index is -2.56. The van der Waals surface area contributed by atoms with Crippen molar-refractivity contribution >= 4 is 26.5 Å². The molecule has 1 saturated heterocycles. The summed E-state index contributed by atoms with van der Waals surface area (Å²) in [6.45, 7) is 9.20. The fourth-order valence-corrected chi connectivity index (χ4v) is 31.3. The largest absolute Gasteiger partial charge is 0.462 e. The number of benzene rings is 3. The van der Waals surface area contributed by atoms with Crippen LogP contribution >= 0.6 is 0 Å². The second kappa shape index (κ2) is 18.3. The molecule has 11 unspecified atom stereocenters. The van der Waals surface area contributed by atoms with Gasteiger partial charge >= 0.3 is 0 Å². The maximum Gasteiger partial charge on any atom is 0.160 e.